The van der Waals surface area contributed by atoms with Crippen LogP contribution in [0, 0.1) is 32.1 Å². The molecule has 4 rings (SSSR count). The molecular weight excluding hydrogens is 390 g/mol. The minimum absolute atomic E-state index is 0.239. The predicted molar refractivity (Wildman–Crippen MR) is 117 cm³/mol. The number of aromatic nitrogens is 3. The molecule has 0 aliphatic heterocycles. The number of hydrogen-bond donors (Lipinski definition) is 1. The standard InChI is InChI=1S/C24H21N5O2/c1-15-12-16(2)29(28-15)14-22-17(3)31-24(27-22)20-8-10-21(11-9-20)26-23(30)19-6-4-18(13-25)5-7-19/h4-12H,14H2,1-3H3,(H,26,30). The van der Waals surface area contributed by atoms with E-state index in [1.54, 1.807) is 36.4 Å². The minimum atomic E-state index is -0.239. The molecule has 2 aromatic heterocycles. The summed E-state index contributed by atoms with van der Waals surface area (Å²) < 4.78 is 7.77. The molecule has 0 spiro atoms. The molecule has 7 nitrogen and oxygen atoms in total. The maximum atomic E-state index is 12.4. The number of amides is 1. The van der Waals surface area contributed by atoms with Crippen molar-refractivity contribution in [3.63, 3.8) is 0 Å². The van der Waals surface area contributed by atoms with Crippen LogP contribution in [0.4, 0.5) is 5.69 Å². The lowest BCUT2D eigenvalue weighted by Crippen LogP contribution is -2.11. The number of anilines is 1. The summed E-state index contributed by atoms with van der Waals surface area (Å²) in [4.78, 5) is 17.0. The first kappa shape index (κ1) is 20.1. The van der Waals surface area contributed by atoms with Crippen LogP contribution in [0.1, 0.15) is 38.8 Å². The van der Waals surface area contributed by atoms with Gasteiger partial charge in [-0.15, -0.1) is 0 Å². The van der Waals surface area contributed by atoms with E-state index in [0.29, 0.717) is 29.2 Å². The highest BCUT2D eigenvalue weighted by atomic mass is 16.4. The molecule has 2 heterocycles. The van der Waals surface area contributed by atoms with Crippen LogP contribution in [0.5, 0.6) is 0 Å². The molecule has 7 heteroatoms. The van der Waals surface area contributed by atoms with Gasteiger partial charge in [-0.25, -0.2) is 4.98 Å². The van der Waals surface area contributed by atoms with Gasteiger partial charge in [-0.3, -0.25) is 9.48 Å². The van der Waals surface area contributed by atoms with Crippen LogP contribution in [0.3, 0.4) is 0 Å². The van der Waals surface area contributed by atoms with Crippen LogP contribution in [0.15, 0.2) is 59.0 Å². The molecule has 0 unspecified atom stereocenters. The van der Waals surface area contributed by atoms with Gasteiger partial charge in [0.1, 0.15) is 11.5 Å². The van der Waals surface area contributed by atoms with Crippen molar-refractivity contribution in [1.82, 2.24) is 14.8 Å². The zero-order chi connectivity index (χ0) is 22.0. The normalized spacial score (nSPS) is 10.6. The van der Waals surface area contributed by atoms with Gasteiger partial charge in [0.2, 0.25) is 5.89 Å². The van der Waals surface area contributed by atoms with Crippen molar-refractivity contribution in [2.45, 2.75) is 27.3 Å². The highest BCUT2D eigenvalue weighted by Crippen LogP contribution is 2.24. The van der Waals surface area contributed by atoms with Gasteiger partial charge in [0.25, 0.3) is 5.91 Å². The third-order valence-corrected chi connectivity index (χ3v) is 4.96. The fraction of sp³-hybridized carbons (Fsp3) is 0.167. The van der Waals surface area contributed by atoms with Crippen molar-refractivity contribution in [2.75, 3.05) is 5.32 Å². The van der Waals surface area contributed by atoms with Gasteiger partial charge in [0.15, 0.2) is 0 Å². The zero-order valence-electron chi connectivity index (χ0n) is 17.5. The van der Waals surface area contributed by atoms with Crippen molar-refractivity contribution in [2.24, 2.45) is 0 Å². The van der Waals surface area contributed by atoms with Gasteiger partial charge in [0, 0.05) is 22.5 Å². The highest BCUT2D eigenvalue weighted by Gasteiger charge is 2.14. The van der Waals surface area contributed by atoms with Crippen LogP contribution in [-0.2, 0) is 6.54 Å². The third-order valence-electron chi connectivity index (χ3n) is 4.96. The second-order valence-corrected chi connectivity index (χ2v) is 7.33. The Bertz CT molecular complexity index is 1280. The molecule has 0 aliphatic carbocycles. The number of nitrogens with zero attached hydrogens (tertiary/aromatic N) is 4. The molecule has 2 aromatic carbocycles. The molecule has 1 amide bonds. The number of nitriles is 1. The Kier molecular flexibility index (Phi) is 5.37. The Morgan fingerprint density at radius 1 is 1.10 bits per heavy atom. The first-order valence-electron chi connectivity index (χ1n) is 9.82. The topological polar surface area (TPSA) is 96.7 Å². The number of carbonyl (C=O) groups is 1. The van der Waals surface area contributed by atoms with E-state index < -0.39 is 0 Å². The predicted octanol–water partition coefficient (Wildman–Crippen LogP) is 4.64. The van der Waals surface area contributed by atoms with Crippen LogP contribution < -0.4 is 5.32 Å². The Morgan fingerprint density at radius 3 is 2.42 bits per heavy atom. The molecule has 31 heavy (non-hydrogen) atoms. The number of hydrogen-bond acceptors (Lipinski definition) is 5. The maximum absolute atomic E-state index is 12.4. The molecule has 0 saturated heterocycles. The molecule has 0 bridgehead atoms. The van der Waals surface area contributed by atoms with E-state index in [-0.39, 0.29) is 5.91 Å². The number of aryl methyl sites for hydroxylation is 3. The van der Waals surface area contributed by atoms with Crippen LogP contribution >= 0.6 is 0 Å². The SMILES string of the molecule is Cc1cc(C)n(Cc2nc(-c3ccc(NC(=O)c4ccc(C#N)cc4)cc3)oc2C)n1. The second kappa shape index (κ2) is 8.28. The Morgan fingerprint density at radius 2 is 1.81 bits per heavy atom. The number of rotatable bonds is 5. The van der Waals surface area contributed by atoms with E-state index in [1.807, 2.05) is 49.7 Å². The summed E-state index contributed by atoms with van der Waals surface area (Å²) in [5.41, 5.74) is 5.35. The Labute approximate surface area is 180 Å². The van der Waals surface area contributed by atoms with E-state index in [9.17, 15) is 4.79 Å². The summed E-state index contributed by atoms with van der Waals surface area (Å²) >= 11 is 0. The van der Waals surface area contributed by atoms with Crippen LogP contribution in [-0.4, -0.2) is 20.7 Å². The quantitative estimate of drug-likeness (QED) is 0.516. The highest BCUT2D eigenvalue weighted by molar-refractivity contribution is 6.04. The number of nitrogens with one attached hydrogen (secondary N) is 1. The van der Waals surface area contributed by atoms with Crippen molar-refractivity contribution < 1.29 is 9.21 Å². The van der Waals surface area contributed by atoms with Gasteiger partial charge in [-0.05, 0) is 75.4 Å². The lowest BCUT2D eigenvalue weighted by atomic mass is 10.1. The van der Waals surface area contributed by atoms with E-state index >= 15 is 0 Å². The molecule has 154 valence electrons. The Hall–Kier alpha value is -4.18. The van der Waals surface area contributed by atoms with Gasteiger partial charge < -0.3 is 9.73 Å². The van der Waals surface area contributed by atoms with Gasteiger partial charge in [-0.2, -0.15) is 10.4 Å². The van der Waals surface area contributed by atoms with E-state index in [4.69, 9.17) is 9.68 Å². The molecule has 0 fully saturated rings. The van der Waals surface area contributed by atoms with E-state index in [2.05, 4.69) is 15.4 Å². The Balaban J connectivity index is 1.47. The average molecular weight is 411 g/mol. The van der Waals surface area contributed by atoms with Crippen molar-refractivity contribution in [1.29, 1.82) is 5.26 Å². The summed E-state index contributed by atoms with van der Waals surface area (Å²) in [6.07, 6.45) is 0. The zero-order valence-corrected chi connectivity index (χ0v) is 17.5. The fourth-order valence-electron chi connectivity index (χ4n) is 3.27. The van der Waals surface area contributed by atoms with Crippen LogP contribution in [0.25, 0.3) is 11.5 Å². The summed E-state index contributed by atoms with van der Waals surface area (Å²) in [6, 6.07) is 17.9. The fourth-order valence-corrected chi connectivity index (χ4v) is 3.27. The van der Waals surface area contributed by atoms with E-state index in [0.717, 1.165) is 28.4 Å². The number of carbonyl (C=O) groups excluding carboxylic acids is 1. The minimum Gasteiger partial charge on any atom is -0.441 e. The van der Waals surface area contributed by atoms with Gasteiger partial charge >= 0.3 is 0 Å². The molecule has 0 saturated carbocycles. The lowest BCUT2D eigenvalue weighted by Gasteiger charge is -2.06. The first-order valence-corrected chi connectivity index (χ1v) is 9.82. The van der Waals surface area contributed by atoms with Crippen molar-refractivity contribution in [3.8, 4) is 17.5 Å². The summed E-state index contributed by atoms with van der Waals surface area (Å²) in [5, 5.41) is 16.2. The molecule has 1 N–H and O–H groups in total. The smallest absolute Gasteiger partial charge is 0.255 e. The molecular formula is C24H21N5O2. The monoisotopic (exact) mass is 411 g/mol. The molecule has 0 atom stereocenters. The lowest BCUT2D eigenvalue weighted by molar-refractivity contribution is 0.102. The van der Waals surface area contributed by atoms with Crippen molar-refractivity contribution in [3.05, 3.63) is 88.6 Å². The number of benzene rings is 2. The third kappa shape index (κ3) is 4.38. The molecule has 0 radical (unpaired) electrons. The first-order chi connectivity index (χ1) is 14.9. The number of oxazole rings is 1. The van der Waals surface area contributed by atoms with Crippen LogP contribution in [0.2, 0.25) is 0 Å². The summed E-state index contributed by atoms with van der Waals surface area (Å²) in [7, 11) is 0. The molecule has 4 aromatic rings. The summed E-state index contributed by atoms with van der Waals surface area (Å²) in [5.74, 6) is 1.04. The second-order valence-electron chi connectivity index (χ2n) is 7.33. The summed E-state index contributed by atoms with van der Waals surface area (Å²) in [6.45, 7) is 6.42. The average Bonchev–Trinajstić information content (AvgIpc) is 3.29. The van der Waals surface area contributed by atoms with Gasteiger partial charge in [-0.1, -0.05) is 0 Å². The van der Waals surface area contributed by atoms with Crippen molar-refractivity contribution >= 4 is 11.6 Å². The van der Waals surface area contributed by atoms with Gasteiger partial charge in [0.05, 0.1) is 23.9 Å². The largest absolute Gasteiger partial charge is 0.441 e. The van der Waals surface area contributed by atoms with E-state index in [1.165, 1.54) is 0 Å². The molecule has 0 aliphatic rings. The maximum Gasteiger partial charge on any atom is 0.255 e.